The van der Waals surface area contributed by atoms with E-state index in [1.807, 2.05) is 0 Å². The first-order valence-electron chi connectivity index (χ1n) is 5.76. The summed E-state index contributed by atoms with van der Waals surface area (Å²) < 4.78 is 5.12. The number of aryl methyl sites for hydroxylation is 1. The zero-order valence-electron chi connectivity index (χ0n) is 9.79. The minimum absolute atomic E-state index is 0.203. The molecule has 3 nitrogen and oxygen atoms in total. The monoisotopic (exact) mass is 240 g/mol. The Morgan fingerprint density at radius 1 is 1.31 bits per heavy atom. The molecule has 1 aromatic rings. The van der Waals surface area contributed by atoms with Gasteiger partial charge in [-0.15, -0.1) is 0 Å². The van der Waals surface area contributed by atoms with Crippen LogP contribution in [0.15, 0.2) is 0 Å². The molecular formula is C12H17ClN2O. The first kappa shape index (κ1) is 11.8. The first-order chi connectivity index (χ1) is 7.72. The van der Waals surface area contributed by atoms with Crippen LogP contribution in [0.1, 0.15) is 42.8 Å². The van der Waals surface area contributed by atoms with Gasteiger partial charge < -0.3 is 4.74 Å². The molecule has 0 bridgehead atoms. The number of ether oxygens (including phenoxy) is 1. The van der Waals surface area contributed by atoms with Crippen LogP contribution in [-0.2, 0) is 17.6 Å². The third-order valence-electron chi connectivity index (χ3n) is 3.01. The predicted molar refractivity (Wildman–Crippen MR) is 64.0 cm³/mol. The lowest BCUT2D eigenvalue weighted by molar-refractivity contribution is 0.181. The Bertz CT molecular complexity index is 382. The molecule has 2 rings (SSSR count). The van der Waals surface area contributed by atoms with E-state index in [2.05, 4.69) is 16.9 Å². The molecular weight excluding hydrogens is 224 g/mol. The fraction of sp³-hybridized carbons (Fsp3) is 0.667. The third-order valence-corrected chi connectivity index (χ3v) is 3.32. The second kappa shape index (κ2) is 5.11. The highest BCUT2D eigenvalue weighted by Crippen LogP contribution is 2.26. The van der Waals surface area contributed by atoms with Crippen LogP contribution in [0, 0.1) is 0 Å². The van der Waals surface area contributed by atoms with Crippen LogP contribution in [0.4, 0.5) is 0 Å². The largest absolute Gasteiger partial charge is 0.384 e. The average Bonchev–Trinajstić information content (AvgIpc) is 2.29. The van der Waals surface area contributed by atoms with Crippen molar-refractivity contribution in [3.8, 4) is 0 Å². The smallest absolute Gasteiger partial charge is 0.136 e. The highest BCUT2D eigenvalue weighted by Gasteiger charge is 2.18. The Morgan fingerprint density at radius 3 is 2.81 bits per heavy atom. The van der Waals surface area contributed by atoms with Crippen LogP contribution in [0.5, 0.6) is 0 Å². The van der Waals surface area contributed by atoms with Gasteiger partial charge >= 0.3 is 0 Å². The highest BCUT2D eigenvalue weighted by molar-refractivity contribution is 6.30. The van der Waals surface area contributed by atoms with Crippen LogP contribution < -0.4 is 0 Å². The van der Waals surface area contributed by atoms with Gasteiger partial charge in [0.1, 0.15) is 11.0 Å². The summed E-state index contributed by atoms with van der Waals surface area (Å²) in [4.78, 5) is 9.00. The van der Waals surface area contributed by atoms with E-state index in [-0.39, 0.29) is 5.92 Å². The Hall–Kier alpha value is -0.670. The van der Waals surface area contributed by atoms with Crippen LogP contribution in [0.2, 0.25) is 5.15 Å². The second-order valence-corrected chi connectivity index (χ2v) is 4.72. The summed E-state index contributed by atoms with van der Waals surface area (Å²) in [5.41, 5.74) is 2.30. The fourth-order valence-corrected chi connectivity index (χ4v) is 2.40. The van der Waals surface area contributed by atoms with Gasteiger partial charge in [0, 0.05) is 24.3 Å². The molecule has 0 aliphatic heterocycles. The van der Waals surface area contributed by atoms with Crippen molar-refractivity contribution in [1.29, 1.82) is 0 Å². The van der Waals surface area contributed by atoms with E-state index in [1.54, 1.807) is 7.11 Å². The average molecular weight is 241 g/mol. The van der Waals surface area contributed by atoms with Crippen LogP contribution in [0.3, 0.4) is 0 Å². The van der Waals surface area contributed by atoms with E-state index in [9.17, 15) is 0 Å². The molecule has 0 saturated heterocycles. The number of halogens is 1. The van der Waals surface area contributed by atoms with Crippen molar-refractivity contribution in [3.63, 3.8) is 0 Å². The van der Waals surface area contributed by atoms with Crippen LogP contribution >= 0.6 is 11.6 Å². The molecule has 1 unspecified atom stereocenters. The number of rotatable bonds is 3. The van der Waals surface area contributed by atoms with Gasteiger partial charge in [-0.25, -0.2) is 9.97 Å². The molecule has 88 valence electrons. The van der Waals surface area contributed by atoms with Gasteiger partial charge in [-0.3, -0.25) is 0 Å². The summed E-state index contributed by atoms with van der Waals surface area (Å²) in [7, 11) is 1.69. The second-order valence-electron chi connectivity index (χ2n) is 4.36. The van der Waals surface area contributed by atoms with Gasteiger partial charge in [0.25, 0.3) is 0 Å². The van der Waals surface area contributed by atoms with Gasteiger partial charge in [-0.2, -0.15) is 0 Å². The van der Waals surface area contributed by atoms with Crippen molar-refractivity contribution in [1.82, 2.24) is 9.97 Å². The van der Waals surface area contributed by atoms with Crippen LogP contribution in [0.25, 0.3) is 0 Å². The third kappa shape index (κ3) is 2.36. The SMILES string of the molecule is COCC(C)c1nc(Cl)c2c(n1)CCCC2. The molecule has 0 amide bonds. The lowest BCUT2D eigenvalue weighted by Gasteiger charge is -2.18. The Labute approximate surface area is 101 Å². The lowest BCUT2D eigenvalue weighted by atomic mass is 9.97. The van der Waals surface area contributed by atoms with Crippen molar-refractivity contribution in [3.05, 3.63) is 22.2 Å². The molecule has 0 radical (unpaired) electrons. The maximum absolute atomic E-state index is 6.20. The fourth-order valence-electron chi connectivity index (χ4n) is 2.11. The predicted octanol–water partition coefficient (Wildman–Crippen LogP) is 2.76. The molecule has 0 aromatic carbocycles. The maximum atomic E-state index is 6.20. The molecule has 0 saturated carbocycles. The van der Waals surface area contributed by atoms with Crippen molar-refractivity contribution >= 4 is 11.6 Å². The molecule has 1 heterocycles. The molecule has 0 fully saturated rings. The summed E-state index contributed by atoms with van der Waals surface area (Å²) in [5.74, 6) is 1.02. The van der Waals surface area contributed by atoms with Gasteiger partial charge in [0.05, 0.1) is 6.61 Å². The number of fused-ring (bicyclic) bond motifs is 1. The number of aromatic nitrogens is 2. The van der Waals surface area contributed by atoms with E-state index in [4.69, 9.17) is 16.3 Å². The summed E-state index contributed by atoms with van der Waals surface area (Å²) in [6, 6.07) is 0. The highest BCUT2D eigenvalue weighted by atomic mass is 35.5. The lowest BCUT2D eigenvalue weighted by Crippen LogP contribution is -2.14. The molecule has 1 atom stereocenters. The summed E-state index contributed by atoms with van der Waals surface area (Å²) in [6.45, 7) is 2.69. The Balaban J connectivity index is 2.31. The molecule has 0 N–H and O–H groups in total. The quantitative estimate of drug-likeness (QED) is 0.762. The summed E-state index contributed by atoms with van der Waals surface area (Å²) in [6.07, 6.45) is 4.46. The van der Waals surface area contributed by atoms with E-state index >= 15 is 0 Å². The number of hydrogen-bond donors (Lipinski definition) is 0. The zero-order chi connectivity index (χ0) is 11.5. The van der Waals surface area contributed by atoms with E-state index < -0.39 is 0 Å². The van der Waals surface area contributed by atoms with Crippen molar-refractivity contribution in [2.45, 2.75) is 38.5 Å². The minimum atomic E-state index is 0.203. The summed E-state index contributed by atoms with van der Waals surface area (Å²) >= 11 is 6.20. The molecule has 1 aliphatic rings. The van der Waals surface area contributed by atoms with Crippen molar-refractivity contribution in [2.24, 2.45) is 0 Å². The Kier molecular flexibility index (Phi) is 3.77. The van der Waals surface area contributed by atoms with E-state index in [0.29, 0.717) is 11.8 Å². The number of hydrogen-bond acceptors (Lipinski definition) is 3. The van der Waals surface area contributed by atoms with Crippen molar-refractivity contribution in [2.75, 3.05) is 13.7 Å². The number of methoxy groups -OCH3 is 1. The Morgan fingerprint density at radius 2 is 2.06 bits per heavy atom. The molecule has 0 spiro atoms. The molecule has 1 aliphatic carbocycles. The molecule has 1 aromatic heterocycles. The van der Waals surface area contributed by atoms with Gasteiger partial charge in [-0.1, -0.05) is 18.5 Å². The minimum Gasteiger partial charge on any atom is -0.384 e. The van der Waals surface area contributed by atoms with Crippen molar-refractivity contribution < 1.29 is 4.74 Å². The molecule has 4 heteroatoms. The normalized spacial score (nSPS) is 16.9. The standard InChI is InChI=1S/C12H17ClN2O/c1-8(7-16-2)12-14-10-6-4-3-5-9(10)11(13)15-12/h8H,3-7H2,1-2H3. The molecule has 16 heavy (non-hydrogen) atoms. The summed E-state index contributed by atoms with van der Waals surface area (Å²) in [5, 5.41) is 0.641. The van der Waals surface area contributed by atoms with Gasteiger partial charge in [0.15, 0.2) is 0 Å². The topological polar surface area (TPSA) is 35.0 Å². The zero-order valence-corrected chi connectivity index (χ0v) is 10.5. The van der Waals surface area contributed by atoms with Gasteiger partial charge in [0.2, 0.25) is 0 Å². The van der Waals surface area contributed by atoms with E-state index in [0.717, 1.165) is 29.9 Å². The van der Waals surface area contributed by atoms with Gasteiger partial charge in [-0.05, 0) is 25.7 Å². The first-order valence-corrected chi connectivity index (χ1v) is 6.14. The van der Waals surface area contributed by atoms with E-state index in [1.165, 1.54) is 12.8 Å². The maximum Gasteiger partial charge on any atom is 0.136 e. The number of nitrogens with zero attached hydrogens (tertiary/aromatic N) is 2. The van der Waals surface area contributed by atoms with Crippen LogP contribution in [-0.4, -0.2) is 23.7 Å².